The molecule has 4 nitrogen and oxygen atoms in total. The van der Waals surface area contributed by atoms with E-state index >= 15 is 0 Å². The zero-order valence-corrected chi connectivity index (χ0v) is 15.4. The van der Waals surface area contributed by atoms with Gasteiger partial charge in [0.25, 0.3) is 5.69 Å². The lowest BCUT2D eigenvalue weighted by Crippen LogP contribution is -1.96. The van der Waals surface area contributed by atoms with E-state index in [0.29, 0.717) is 36.8 Å². The number of aromatic nitrogens is 1. The van der Waals surface area contributed by atoms with Crippen LogP contribution in [-0.4, -0.2) is 9.91 Å². The van der Waals surface area contributed by atoms with Gasteiger partial charge in [0, 0.05) is 43.5 Å². The van der Waals surface area contributed by atoms with Crippen molar-refractivity contribution in [3.8, 4) is 22.4 Å². The van der Waals surface area contributed by atoms with Crippen LogP contribution in [0.15, 0.2) is 48.7 Å². The number of hydrogen-bond acceptors (Lipinski definition) is 3. The Morgan fingerprint density at radius 1 is 0.720 bits per heavy atom. The summed E-state index contributed by atoms with van der Waals surface area (Å²) in [6.45, 7) is 0. The second-order valence-electron chi connectivity index (χ2n) is 5.17. The predicted octanol–water partition coefficient (Wildman–Crippen LogP) is 6.94. The van der Waals surface area contributed by atoms with Gasteiger partial charge in [0.1, 0.15) is 5.69 Å². The molecule has 2 aromatic carbocycles. The van der Waals surface area contributed by atoms with Crippen LogP contribution in [0.2, 0.25) is 20.1 Å². The molecule has 0 aliphatic rings. The highest BCUT2D eigenvalue weighted by atomic mass is 35.5. The van der Waals surface area contributed by atoms with Crippen LogP contribution in [0.25, 0.3) is 22.4 Å². The first-order valence-corrected chi connectivity index (χ1v) is 8.42. The summed E-state index contributed by atoms with van der Waals surface area (Å²) < 4.78 is 0. The Morgan fingerprint density at radius 2 is 1.20 bits per heavy atom. The Kier molecular flexibility index (Phi) is 5.16. The number of nitrogens with zero attached hydrogens (tertiary/aromatic N) is 2. The molecule has 126 valence electrons. The molecule has 0 atom stereocenters. The van der Waals surface area contributed by atoms with E-state index in [1.54, 1.807) is 36.4 Å². The van der Waals surface area contributed by atoms with Gasteiger partial charge in [0.2, 0.25) is 0 Å². The molecule has 3 rings (SSSR count). The smallest absolute Gasteiger partial charge is 0.258 e. The minimum atomic E-state index is -0.507. The van der Waals surface area contributed by atoms with Crippen LogP contribution >= 0.6 is 46.4 Å². The molecule has 0 unspecified atom stereocenters. The predicted molar refractivity (Wildman–Crippen MR) is 102 cm³/mol. The Bertz CT molecular complexity index is 952. The molecule has 8 heteroatoms. The molecule has 3 aromatic rings. The Labute approximate surface area is 163 Å². The highest BCUT2D eigenvalue weighted by Gasteiger charge is 2.19. The highest BCUT2D eigenvalue weighted by molar-refractivity contribution is 6.35. The van der Waals surface area contributed by atoms with Crippen LogP contribution in [0.5, 0.6) is 0 Å². The van der Waals surface area contributed by atoms with Crippen molar-refractivity contribution in [1.82, 2.24) is 4.98 Å². The molecule has 0 radical (unpaired) electrons. The van der Waals surface area contributed by atoms with Crippen LogP contribution in [-0.2, 0) is 0 Å². The quantitative estimate of drug-likeness (QED) is 0.345. The average molecular weight is 414 g/mol. The summed E-state index contributed by atoms with van der Waals surface area (Å²) in [5, 5.41) is 13.1. The normalized spacial score (nSPS) is 10.7. The fourth-order valence-corrected chi connectivity index (χ4v) is 3.44. The van der Waals surface area contributed by atoms with Crippen LogP contribution in [0.4, 0.5) is 5.69 Å². The molecule has 0 fully saturated rings. The average Bonchev–Trinajstić information content (AvgIpc) is 2.52. The van der Waals surface area contributed by atoms with Crippen LogP contribution in [0, 0.1) is 10.1 Å². The molecule has 1 aromatic heterocycles. The summed E-state index contributed by atoms with van der Waals surface area (Å²) in [7, 11) is 0. The molecule has 0 amide bonds. The summed E-state index contributed by atoms with van der Waals surface area (Å²) in [4.78, 5) is 15.3. The number of nitro groups is 1. The van der Waals surface area contributed by atoms with Gasteiger partial charge in [-0.15, -0.1) is 0 Å². The van der Waals surface area contributed by atoms with E-state index in [1.165, 1.54) is 12.3 Å². The van der Waals surface area contributed by atoms with Crippen LogP contribution in [0.1, 0.15) is 0 Å². The number of hydrogen-bond donors (Lipinski definition) is 0. The fraction of sp³-hybridized carbons (Fsp3) is 0. The van der Waals surface area contributed by atoms with Gasteiger partial charge in [0.05, 0.1) is 4.92 Å². The first kappa shape index (κ1) is 18.0. The molecule has 0 saturated heterocycles. The summed E-state index contributed by atoms with van der Waals surface area (Å²) >= 11 is 24.0. The van der Waals surface area contributed by atoms with Crippen molar-refractivity contribution >= 4 is 52.1 Å². The maximum atomic E-state index is 11.5. The molecular formula is C17H8Cl4N2O2. The SMILES string of the molecule is O=[N+]([O-])c1cc(-c2cc(Cl)cc(Cl)c2)cnc1-c1cc(Cl)cc(Cl)c1. The molecule has 0 N–H and O–H groups in total. The summed E-state index contributed by atoms with van der Waals surface area (Å²) in [5.41, 5.74) is 1.61. The topological polar surface area (TPSA) is 56.0 Å². The highest BCUT2D eigenvalue weighted by Crippen LogP contribution is 2.35. The van der Waals surface area contributed by atoms with Gasteiger partial charge in [-0.25, -0.2) is 4.98 Å². The zero-order chi connectivity index (χ0) is 18.1. The van der Waals surface area contributed by atoms with Gasteiger partial charge in [-0.2, -0.15) is 0 Å². The van der Waals surface area contributed by atoms with E-state index in [2.05, 4.69) is 4.98 Å². The van der Waals surface area contributed by atoms with Crippen molar-refractivity contribution < 1.29 is 4.92 Å². The standard InChI is InChI=1S/C17H8Cl4N2O2/c18-12-1-9(2-13(19)6-12)11-5-16(23(24)25)17(22-8-11)10-3-14(20)7-15(21)4-10/h1-8H. The molecule has 0 spiro atoms. The van der Waals surface area contributed by atoms with Crippen LogP contribution in [0.3, 0.4) is 0 Å². The van der Waals surface area contributed by atoms with Gasteiger partial charge in [-0.1, -0.05) is 46.4 Å². The minimum absolute atomic E-state index is 0.172. The van der Waals surface area contributed by atoms with E-state index in [9.17, 15) is 10.1 Å². The molecule has 0 aliphatic carbocycles. The number of halogens is 4. The lowest BCUT2D eigenvalue weighted by molar-refractivity contribution is -0.384. The largest absolute Gasteiger partial charge is 0.296 e. The zero-order valence-electron chi connectivity index (χ0n) is 12.3. The third-order valence-corrected chi connectivity index (χ3v) is 4.27. The van der Waals surface area contributed by atoms with Crippen molar-refractivity contribution in [2.45, 2.75) is 0 Å². The van der Waals surface area contributed by atoms with Crippen molar-refractivity contribution in [1.29, 1.82) is 0 Å². The minimum Gasteiger partial charge on any atom is -0.258 e. The van der Waals surface area contributed by atoms with Crippen molar-refractivity contribution in [3.05, 3.63) is 78.9 Å². The molecule has 0 aliphatic heterocycles. The maximum absolute atomic E-state index is 11.5. The summed E-state index contributed by atoms with van der Waals surface area (Å²) in [5.74, 6) is 0. The number of rotatable bonds is 3. The van der Waals surface area contributed by atoms with Crippen LogP contribution < -0.4 is 0 Å². The van der Waals surface area contributed by atoms with Crippen molar-refractivity contribution in [2.75, 3.05) is 0 Å². The van der Waals surface area contributed by atoms with Gasteiger partial charge >= 0.3 is 0 Å². The Hall–Kier alpha value is -1.85. The molecule has 25 heavy (non-hydrogen) atoms. The number of benzene rings is 2. The second-order valence-corrected chi connectivity index (χ2v) is 6.91. The first-order valence-electron chi connectivity index (χ1n) is 6.91. The fourth-order valence-electron chi connectivity index (χ4n) is 2.38. The van der Waals surface area contributed by atoms with Gasteiger partial charge in [-0.3, -0.25) is 10.1 Å². The van der Waals surface area contributed by atoms with Gasteiger partial charge in [0.15, 0.2) is 0 Å². The summed E-state index contributed by atoms with van der Waals surface area (Å²) in [6.07, 6.45) is 1.51. The van der Waals surface area contributed by atoms with Gasteiger partial charge < -0.3 is 0 Å². The summed E-state index contributed by atoms with van der Waals surface area (Å²) in [6, 6.07) is 11.0. The van der Waals surface area contributed by atoms with E-state index in [0.717, 1.165) is 0 Å². The lowest BCUT2D eigenvalue weighted by atomic mass is 10.0. The second kappa shape index (κ2) is 7.18. The molecule has 0 bridgehead atoms. The molecular weight excluding hydrogens is 406 g/mol. The van der Waals surface area contributed by atoms with E-state index < -0.39 is 4.92 Å². The maximum Gasteiger partial charge on any atom is 0.296 e. The number of pyridine rings is 1. The Morgan fingerprint density at radius 3 is 1.68 bits per heavy atom. The van der Waals surface area contributed by atoms with Crippen molar-refractivity contribution in [3.63, 3.8) is 0 Å². The van der Waals surface area contributed by atoms with E-state index in [1.807, 2.05) is 0 Å². The lowest BCUT2D eigenvalue weighted by Gasteiger charge is -2.08. The molecule has 0 saturated carbocycles. The monoisotopic (exact) mass is 412 g/mol. The molecule has 1 heterocycles. The van der Waals surface area contributed by atoms with Gasteiger partial charge in [-0.05, 0) is 42.0 Å². The third-order valence-electron chi connectivity index (χ3n) is 3.40. The van der Waals surface area contributed by atoms with E-state index in [-0.39, 0.29) is 11.4 Å². The first-order chi connectivity index (χ1) is 11.8. The Balaban J connectivity index is 2.18. The van der Waals surface area contributed by atoms with Crippen molar-refractivity contribution in [2.24, 2.45) is 0 Å². The third kappa shape index (κ3) is 4.05. The van der Waals surface area contributed by atoms with E-state index in [4.69, 9.17) is 46.4 Å².